The van der Waals surface area contributed by atoms with Crippen molar-refractivity contribution in [2.24, 2.45) is 0 Å². The number of carbonyl (C=O) groups is 2. The maximum atomic E-state index is 11.3. The number of ether oxygens (including phenoxy) is 3. The molecule has 0 fully saturated rings. The molecular weight excluding hydrogens is 250 g/mol. The number of methoxy groups -OCH3 is 3. The standard InChI is InChI=1S/C13H15NO5/c1-17-11-5-4-9(8-14-11)10(6-12(15)18-2)7-13(16)19-3/h4-6,8H,7H2,1-3H3/b10-6-. The van der Waals surface area contributed by atoms with Crippen LogP contribution in [0.2, 0.25) is 0 Å². The molecule has 6 heteroatoms. The van der Waals surface area contributed by atoms with E-state index in [9.17, 15) is 9.59 Å². The van der Waals surface area contributed by atoms with Gasteiger partial charge in [0.1, 0.15) is 0 Å². The quantitative estimate of drug-likeness (QED) is 0.588. The van der Waals surface area contributed by atoms with Crippen LogP contribution in [0.25, 0.3) is 5.57 Å². The highest BCUT2D eigenvalue weighted by Crippen LogP contribution is 2.20. The molecule has 0 saturated heterocycles. The second kappa shape index (κ2) is 7.15. The summed E-state index contributed by atoms with van der Waals surface area (Å²) in [6, 6.07) is 3.33. The minimum absolute atomic E-state index is 0.0421. The monoisotopic (exact) mass is 265 g/mol. The summed E-state index contributed by atoms with van der Waals surface area (Å²) in [4.78, 5) is 26.6. The van der Waals surface area contributed by atoms with E-state index in [1.165, 1.54) is 33.6 Å². The number of esters is 2. The number of hydrogen-bond acceptors (Lipinski definition) is 6. The molecule has 1 aromatic heterocycles. The first kappa shape index (κ1) is 14.7. The SMILES string of the molecule is COC(=O)/C=C(/CC(=O)OC)c1ccc(OC)nc1. The Balaban J connectivity index is 3.03. The fourth-order valence-electron chi connectivity index (χ4n) is 1.36. The minimum Gasteiger partial charge on any atom is -0.481 e. The van der Waals surface area contributed by atoms with E-state index in [0.717, 1.165) is 0 Å². The van der Waals surface area contributed by atoms with E-state index in [2.05, 4.69) is 14.5 Å². The maximum absolute atomic E-state index is 11.3. The largest absolute Gasteiger partial charge is 0.481 e. The normalized spacial score (nSPS) is 10.8. The third kappa shape index (κ3) is 4.42. The van der Waals surface area contributed by atoms with Crippen LogP contribution in [0, 0.1) is 0 Å². The summed E-state index contributed by atoms with van der Waals surface area (Å²) in [5, 5.41) is 0. The highest BCUT2D eigenvalue weighted by Gasteiger charge is 2.11. The molecule has 0 radical (unpaired) electrons. The van der Waals surface area contributed by atoms with Gasteiger partial charge >= 0.3 is 11.9 Å². The molecule has 0 aliphatic heterocycles. The molecule has 0 aliphatic carbocycles. The lowest BCUT2D eigenvalue weighted by Gasteiger charge is -2.07. The van der Waals surface area contributed by atoms with Crippen molar-refractivity contribution >= 4 is 17.5 Å². The van der Waals surface area contributed by atoms with E-state index in [-0.39, 0.29) is 6.42 Å². The fraction of sp³-hybridized carbons (Fsp3) is 0.308. The summed E-state index contributed by atoms with van der Waals surface area (Å²) in [7, 11) is 4.05. The first-order chi connectivity index (χ1) is 9.10. The van der Waals surface area contributed by atoms with Gasteiger partial charge in [0.15, 0.2) is 0 Å². The molecule has 19 heavy (non-hydrogen) atoms. The van der Waals surface area contributed by atoms with Gasteiger partial charge in [0, 0.05) is 18.3 Å². The molecule has 0 N–H and O–H groups in total. The molecule has 1 aromatic rings. The van der Waals surface area contributed by atoms with Crippen LogP contribution in [-0.4, -0.2) is 38.3 Å². The van der Waals surface area contributed by atoms with Gasteiger partial charge in [0.05, 0.1) is 27.8 Å². The predicted octanol–water partition coefficient (Wildman–Crippen LogP) is 1.21. The summed E-state index contributed by atoms with van der Waals surface area (Å²) in [6.07, 6.45) is 2.70. The number of carbonyl (C=O) groups excluding carboxylic acids is 2. The third-order valence-electron chi connectivity index (χ3n) is 2.37. The topological polar surface area (TPSA) is 74.7 Å². The van der Waals surface area contributed by atoms with Gasteiger partial charge in [-0.2, -0.15) is 0 Å². The predicted molar refractivity (Wildman–Crippen MR) is 67.4 cm³/mol. The van der Waals surface area contributed by atoms with Crippen LogP contribution in [0.4, 0.5) is 0 Å². The lowest BCUT2D eigenvalue weighted by Crippen LogP contribution is -2.04. The number of hydrogen-bond donors (Lipinski definition) is 0. The summed E-state index contributed by atoms with van der Waals surface area (Å²) in [6.45, 7) is 0. The Kier molecular flexibility index (Phi) is 5.53. The Hall–Kier alpha value is -2.37. The molecule has 0 amide bonds. The van der Waals surface area contributed by atoms with Gasteiger partial charge in [-0.3, -0.25) is 4.79 Å². The second-order valence-electron chi connectivity index (χ2n) is 3.53. The molecular formula is C13H15NO5. The van der Waals surface area contributed by atoms with Crippen molar-refractivity contribution in [3.05, 3.63) is 30.0 Å². The van der Waals surface area contributed by atoms with Crippen molar-refractivity contribution in [1.82, 2.24) is 4.98 Å². The van der Waals surface area contributed by atoms with E-state index in [1.54, 1.807) is 12.1 Å². The number of pyridine rings is 1. The summed E-state index contributed by atoms with van der Waals surface area (Å²) < 4.78 is 14.1. The minimum atomic E-state index is -0.547. The highest BCUT2D eigenvalue weighted by molar-refractivity contribution is 5.95. The Morgan fingerprint density at radius 1 is 1.21 bits per heavy atom. The first-order valence-electron chi connectivity index (χ1n) is 5.46. The molecule has 1 rings (SSSR count). The Morgan fingerprint density at radius 2 is 1.95 bits per heavy atom. The van der Waals surface area contributed by atoms with Crippen LogP contribution in [0.15, 0.2) is 24.4 Å². The lowest BCUT2D eigenvalue weighted by atomic mass is 10.0. The van der Waals surface area contributed by atoms with Crippen LogP contribution >= 0.6 is 0 Å². The zero-order valence-electron chi connectivity index (χ0n) is 11.0. The van der Waals surface area contributed by atoms with Gasteiger partial charge in [-0.05, 0) is 17.2 Å². The van der Waals surface area contributed by atoms with E-state index in [0.29, 0.717) is 17.0 Å². The molecule has 6 nitrogen and oxygen atoms in total. The summed E-state index contributed by atoms with van der Waals surface area (Å²) in [5.74, 6) is -0.556. The highest BCUT2D eigenvalue weighted by atomic mass is 16.5. The van der Waals surface area contributed by atoms with Gasteiger partial charge in [-0.25, -0.2) is 9.78 Å². The van der Waals surface area contributed by atoms with Crippen LogP contribution in [0.1, 0.15) is 12.0 Å². The van der Waals surface area contributed by atoms with Crippen LogP contribution in [0.3, 0.4) is 0 Å². The van der Waals surface area contributed by atoms with Gasteiger partial charge in [0.25, 0.3) is 0 Å². The Labute approximate surface area is 111 Å². The van der Waals surface area contributed by atoms with Gasteiger partial charge < -0.3 is 14.2 Å². The Bertz CT molecular complexity index is 478. The van der Waals surface area contributed by atoms with E-state index in [4.69, 9.17) is 4.74 Å². The zero-order valence-corrected chi connectivity index (χ0v) is 11.0. The summed E-state index contributed by atoms with van der Waals surface area (Å²) in [5.41, 5.74) is 1.09. The van der Waals surface area contributed by atoms with Crippen molar-refractivity contribution < 1.29 is 23.8 Å². The van der Waals surface area contributed by atoms with E-state index < -0.39 is 11.9 Å². The van der Waals surface area contributed by atoms with Crippen LogP contribution < -0.4 is 4.74 Å². The van der Waals surface area contributed by atoms with Crippen molar-refractivity contribution in [1.29, 1.82) is 0 Å². The number of aromatic nitrogens is 1. The van der Waals surface area contributed by atoms with E-state index in [1.807, 2.05) is 0 Å². The van der Waals surface area contributed by atoms with Crippen molar-refractivity contribution in [2.75, 3.05) is 21.3 Å². The molecule has 0 unspecified atom stereocenters. The van der Waals surface area contributed by atoms with Crippen molar-refractivity contribution in [2.45, 2.75) is 6.42 Å². The average Bonchev–Trinajstić information content (AvgIpc) is 2.46. The molecule has 0 saturated carbocycles. The van der Waals surface area contributed by atoms with Crippen molar-refractivity contribution in [3.63, 3.8) is 0 Å². The lowest BCUT2D eigenvalue weighted by molar-refractivity contribution is -0.139. The molecule has 0 bridgehead atoms. The maximum Gasteiger partial charge on any atom is 0.330 e. The van der Waals surface area contributed by atoms with Crippen molar-refractivity contribution in [3.8, 4) is 5.88 Å². The first-order valence-corrected chi connectivity index (χ1v) is 5.46. The summed E-state index contributed by atoms with van der Waals surface area (Å²) >= 11 is 0. The fourth-order valence-corrected chi connectivity index (χ4v) is 1.36. The second-order valence-corrected chi connectivity index (χ2v) is 3.53. The van der Waals surface area contributed by atoms with Crippen LogP contribution in [0.5, 0.6) is 5.88 Å². The van der Waals surface area contributed by atoms with Gasteiger partial charge in [-0.1, -0.05) is 0 Å². The molecule has 0 atom stereocenters. The van der Waals surface area contributed by atoms with E-state index >= 15 is 0 Å². The third-order valence-corrected chi connectivity index (χ3v) is 2.37. The molecule has 0 aliphatic rings. The number of rotatable bonds is 5. The molecule has 0 spiro atoms. The van der Waals surface area contributed by atoms with Gasteiger partial charge in [-0.15, -0.1) is 0 Å². The average molecular weight is 265 g/mol. The van der Waals surface area contributed by atoms with Crippen LogP contribution in [-0.2, 0) is 19.1 Å². The molecule has 102 valence electrons. The zero-order chi connectivity index (χ0) is 14.3. The molecule has 1 heterocycles. The Morgan fingerprint density at radius 3 is 2.42 bits per heavy atom. The number of nitrogens with zero attached hydrogens (tertiary/aromatic N) is 1. The smallest absolute Gasteiger partial charge is 0.330 e. The van der Waals surface area contributed by atoms with Gasteiger partial charge in [0.2, 0.25) is 5.88 Å². The molecule has 0 aromatic carbocycles.